The van der Waals surface area contributed by atoms with Crippen molar-refractivity contribution >= 4 is 23.8 Å². The molecule has 6 nitrogen and oxygen atoms in total. The highest BCUT2D eigenvalue weighted by Gasteiger charge is 2.28. The molecule has 0 bridgehead atoms. The summed E-state index contributed by atoms with van der Waals surface area (Å²) in [5, 5.41) is 14.9. The predicted octanol–water partition coefficient (Wildman–Crippen LogP) is 2.56. The van der Waals surface area contributed by atoms with Gasteiger partial charge in [0.15, 0.2) is 0 Å². The van der Waals surface area contributed by atoms with Gasteiger partial charge in [0.1, 0.15) is 12.6 Å². The van der Waals surface area contributed by atoms with E-state index in [2.05, 4.69) is 10.6 Å². The number of rotatable bonds is 11. The van der Waals surface area contributed by atoms with Crippen molar-refractivity contribution in [2.45, 2.75) is 45.4 Å². The van der Waals surface area contributed by atoms with E-state index in [1.165, 1.54) is 0 Å². The van der Waals surface area contributed by atoms with Gasteiger partial charge in [-0.2, -0.15) is 11.8 Å². The van der Waals surface area contributed by atoms with Gasteiger partial charge < -0.3 is 20.5 Å². The molecule has 0 aliphatic carbocycles. The third kappa shape index (κ3) is 8.10. The van der Waals surface area contributed by atoms with Crippen LogP contribution in [0.1, 0.15) is 32.3 Å². The number of ether oxygens (including phenoxy) is 1. The number of aliphatic hydroxyl groups excluding tert-OH is 1. The standard InChI is InChI=1S/C19H30N2O4S/c1-4-14(2)17(18(23)20-16(12-22)10-11-26-3)21-19(24)25-13-15-8-6-5-7-9-15/h5-9,14,16-17,22H,4,10-13H2,1-3H3,(H,20,23)(H,21,24). The molecule has 0 saturated heterocycles. The number of aliphatic hydroxyl groups is 1. The highest BCUT2D eigenvalue weighted by molar-refractivity contribution is 7.98. The minimum atomic E-state index is -0.702. The van der Waals surface area contributed by atoms with Crippen LogP contribution in [0, 0.1) is 5.92 Å². The molecule has 0 aliphatic rings. The van der Waals surface area contributed by atoms with Crippen molar-refractivity contribution in [3.63, 3.8) is 0 Å². The number of hydrogen-bond acceptors (Lipinski definition) is 5. The first-order chi connectivity index (χ1) is 12.5. The van der Waals surface area contributed by atoms with Crippen molar-refractivity contribution in [2.24, 2.45) is 5.92 Å². The Hall–Kier alpha value is -1.73. The molecule has 1 aromatic rings. The summed E-state index contributed by atoms with van der Waals surface area (Å²) in [5.41, 5.74) is 0.879. The van der Waals surface area contributed by atoms with Gasteiger partial charge in [-0.15, -0.1) is 0 Å². The third-order valence-corrected chi connectivity index (χ3v) is 4.86. The molecule has 26 heavy (non-hydrogen) atoms. The molecular formula is C19H30N2O4S. The van der Waals surface area contributed by atoms with Gasteiger partial charge in [0.2, 0.25) is 5.91 Å². The maximum absolute atomic E-state index is 12.6. The van der Waals surface area contributed by atoms with E-state index < -0.39 is 12.1 Å². The van der Waals surface area contributed by atoms with E-state index in [0.29, 0.717) is 6.42 Å². The number of carbonyl (C=O) groups is 2. The molecule has 0 fully saturated rings. The molecule has 0 aromatic heterocycles. The van der Waals surface area contributed by atoms with Gasteiger partial charge in [-0.3, -0.25) is 4.79 Å². The summed E-state index contributed by atoms with van der Waals surface area (Å²) >= 11 is 1.65. The Morgan fingerprint density at radius 1 is 1.23 bits per heavy atom. The molecule has 2 amide bonds. The van der Waals surface area contributed by atoms with Gasteiger partial charge in [0, 0.05) is 0 Å². The lowest BCUT2D eigenvalue weighted by Crippen LogP contribution is -2.53. The van der Waals surface area contributed by atoms with E-state index in [1.807, 2.05) is 50.4 Å². The van der Waals surface area contributed by atoms with Crippen molar-refractivity contribution in [3.8, 4) is 0 Å². The maximum Gasteiger partial charge on any atom is 0.408 e. The molecule has 1 aromatic carbocycles. The topological polar surface area (TPSA) is 87.7 Å². The summed E-state index contributed by atoms with van der Waals surface area (Å²) in [6.07, 6.45) is 2.75. The minimum absolute atomic E-state index is 0.0563. The lowest BCUT2D eigenvalue weighted by molar-refractivity contribution is -0.125. The first-order valence-electron chi connectivity index (χ1n) is 8.89. The molecule has 0 saturated carbocycles. The fourth-order valence-corrected chi connectivity index (χ4v) is 2.87. The zero-order valence-electron chi connectivity index (χ0n) is 15.7. The van der Waals surface area contributed by atoms with Crippen LogP contribution in [-0.4, -0.2) is 47.8 Å². The van der Waals surface area contributed by atoms with Gasteiger partial charge >= 0.3 is 6.09 Å². The number of nitrogens with one attached hydrogen (secondary N) is 2. The number of hydrogen-bond donors (Lipinski definition) is 3. The maximum atomic E-state index is 12.6. The quantitative estimate of drug-likeness (QED) is 0.547. The molecule has 0 spiro atoms. The average molecular weight is 383 g/mol. The zero-order chi connectivity index (χ0) is 19.4. The van der Waals surface area contributed by atoms with Crippen molar-refractivity contribution in [1.82, 2.24) is 10.6 Å². The fourth-order valence-electron chi connectivity index (χ4n) is 2.35. The lowest BCUT2D eigenvalue weighted by atomic mass is 9.98. The Morgan fingerprint density at radius 3 is 2.50 bits per heavy atom. The molecule has 146 valence electrons. The number of alkyl carbamates (subject to hydrolysis) is 1. The van der Waals surface area contributed by atoms with E-state index in [0.717, 1.165) is 17.7 Å². The second-order valence-corrected chi connectivity index (χ2v) is 7.22. The van der Waals surface area contributed by atoms with Gasteiger partial charge in [0.05, 0.1) is 12.6 Å². The van der Waals surface area contributed by atoms with Crippen LogP contribution in [-0.2, 0) is 16.1 Å². The Kier molecular flexibility index (Phi) is 10.8. The van der Waals surface area contributed by atoms with Crippen molar-refractivity contribution < 1.29 is 19.4 Å². The highest BCUT2D eigenvalue weighted by atomic mass is 32.2. The summed E-state index contributed by atoms with van der Waals surface area (Å²) in [6, 6.07) is 8.34. The predicted molar refractivity (Wildman–Crippen MR) is 105 cm³/mol. The van der Waals surface area contributed by atoms with E-state index in [1.54, 1.807) is 11.8 Å². The van der Waals surface area contributed by atoms with Crippen LogP contribution in [0.15, 0.2) is 30.3 Å². The second-order valence-electron chi connectivity index (χ2n) is 6.24. The van der Waals surface area contributed by atoms with Crippen molar-refractivity contribution in [3.05, 3.63) is 35.9 Å². The van der Waals surface area contributed by atoms with Gasteiger partial charge in [0.25, 0.3) is 0 Å². The molecule has 0 aliphatic heterocycles. The summed E-state index contributed by atoms with van der Waals surface area (Å²) in [4.78, 5) is 24.7. The number of benzene rings is 1. The molecule has 1 rings (SSSR count). The molecule has 3 unspecified atom stereocenters. The van der Waals surface area contributed by atoms with Gasteiger partial charge in [-0.05, 0) is 29.9 Å². The number of carbonyl (C=O) groups excluding carboxylic acids is 2. The molecule has 7 heteroatoms. The van der Waals surface area contributed by atoms with Gasteiger partial charge in [-0.25, -0.2) is 4.79 Å². The highest BCUT2D eigenvalue weighted by Crippen LogP contribution is 2.10. The monoisotopic (exact) mass is 382 g/mol. The Labute approximate surface area is 160 Å². The number of amides is 2. The van der Waals surface area contributed by atoms with Crippen LogP contribution in [0.4, 0.5) is 4.79 Å². The van der Waals surface area contributed by atoms with Crippen LogP contribution < -0.4 is 10.6 Å². The summed E-state index contributed by atoms with van der Waals surface area (Å²) < 4.78 is 5.22. The first kappa shape index (κ1) is 22.3. The smallest absolute Gasteiger partial charge is 0.408 e. The zero-order valence-corrected chi connectivity index (χ0v) is 16.6. The van der Waals surface area contributed by atoms with Crippen LogP contribution in [0.3, 0.4) is 0 Å². The summed E-state index contributed by atoms with van der Waals surface area (Å²) in [7, 11) is 0. The van der Waals surface area contributed by atoms with Crippen LogP contribution in [0.5, 0.6) is 0 Å². The summed E-state index contributed by atoms with van der Waals surface area (Å²) in [6.45, 7) is 3.88. The fraction of sp³-hybridized carbons (Fsp3) is 0.579. The van der Waals surface area contributed by atoms with Crippen LogP contribution in [0.2, 0.25) is 0 Å². The number of thioether (sulfide) groups is 1. The molecule has 3 atom stereocenters. The SMILES string of the molecule is CCC(C)C(NC(=O)OCc1ccccc1)C(=O)NC(CO)CCSC. The minimum Gasteiger partial charge on any atom is -0.445 e. The van der Waals surface area contributed by atoms with E-state index in [9.17, 15) is 14.7 Å². The van der Waals surface area contributed by atoms with Crippen LogP contribution in [0.25, 0.3) is 0 Å². The molecule has 0 radical (unpaired) electrons. The van der Waals surface area contributed by atoms with E-state index >= 15 is 0 Å². The molecule has 3 N–H and O–H groups in total. The second kappa shape index (κ2) is 12.6. The van der Waals surface area contributed by atoms with Crippen LogP contribution >= 0.6 is 11.8 Å². The first-order valence-corrected chi connectivity index (χ1v) is 10.3. The van der Waals surface area contributed by atoms with Crippen molar-refractivity contribution in [1.29, 1.82) is 0 Å². The van der Waals surface area contributed by atoms with Gasteiger partial charge in [-0.1, -0.05) is 50.6 Å². The largest absolute Gasteiger partial charge is 0.445 e. The lowest BCUT2D eigenvalue weighted by Gasteiger charge is -2.25. The molecular weight excluding hydrogens is 352 g/mol. The summed E-state index contributed by atoms with van der Waals surface area (Å²) in [5.74, 6) is 0.488. The third-order valence-electron chi connectivity index (χ3n) is 4.22. The van der Waals surface area contributed by atoms with Crippen molar-refractivity contribution in [2.75, 3.05) is 18.6 Å². The average Bonchev–Trinajstić information content (AvgIpc) is 2.67. The van der Waals surface area contributed by atoms with E-state index in [-0.39, 0.29) is 31.1 Å². The Bertz CT molecular complexity index is 542. The Morgan fingerprint density at radius 2 is 1.92 bits per heavy atom. The molecule has 0 heterocycles. The van der Waals surface area contributed by atoms with E-state index in [4.69, 9.17) is 4.74 Å². The Balaban J connectivity index is 2.61. The normalized spacial score (nSPS) is 14.2.